The van der Waals surface area contributed by atoms with Gasteiger partial charge in [-0.1, -0.05) is 54.6 Å². The van der Waals surface area contributed by atoms with E-state index in [0.29, 0.717) is 0 Å². The normalized spacial score (nSPS) is 11.8. The number of hydrogen-bond donors (Lipinski definition) is 1. The second kappa shape index (κ2) is 6.53. The van der Waals surface area contributed by atoms with Gasteiger partial charge in [0.2, 0.25) is 0 Å². The molecule has 0 aliphatic carbocycles. The van der Waals surface area contributed by atoms with Gasteiger partial charge in [-0.25, -0.2) is 0 Å². The molecule has 0 bridgehead atoms. The van der Waals surface area contributed by atoms with Crippen molar-refractivity contribution >= 4 is 22.7 Å². The molecule has 0 fully saturated rings. The SMILES string of the molecule is C1=CNc2ccccc2C=C1.c1ccc2ncccc2c1. The van der Waals surface area contributed by atoms with E-state index in [1.54, 1.807) is 0 Å². The minimum Gasteiger partial charge on any atom is -0.361 e. The van der Waals surface area contributed by atoms with Gasteiger partial charge in [0, 0.05) is 23.5 Å². The molecule has 0 amide bonds. The lowest BCUT2D eigenvalue weighted by Gasteiger charge is -2.01. The van der Waals surface area contributed by atoms with Gasteiger partial charge in [-0.05, 0) is 29.8 Å². The summed E-state index contributed by atoms with van der Waals surface area (Å²) in [6.45, 7) is 0. The van der Waals surface area contributed by atoms with Crippen LogP contribution in [0.5, 0.6) is 0 Å². The standard InChI is InChI=1S/C10H9N.C9H7N/c1-2-7-10-9(5-1)6-3-4-8-11-10;1-2-6-9-8(4-1)5-3-7-10-9/h1-8,11H;1-7H. The Morgan fingerprint density at radius 1 is 0.762 bits per heavy atom. The van der Waals surface area contributed by atoms with Crippen LogP contribution in [0.1, 0.15) is 5.56 Å². The molecule has 4 rings (SSSR count). The number of benzene rings is 2. The molecule has 0 saturated carbocycles. The van der Waals surface area contributed by atoms with Crippen molar-refractivity contribution in [3.8, 4) is 0 Å². The largest absolute Gasteiger partial charge is 0.361 e. The van der Waals surface area contributed by atoms with Crippen molar-refractivity contribution in [3.63, 3.8) is 0 Å². The zero-order valence-corrected chi connectivity index (χ0v) is 11.6. The lowest BCUT2D eigenvalue weighted by Crippen LogP contribution is -1.87. The lowest BCUT2D eigenvalue weighted by atomic mass is 10.2. The quantitative estimate of drug-likeness (QED) is 0.631. The topological polar surface area (TPSA) is 24.9 Å². The second-order valence-electron chi connectivity index (χ2n) is 4.65. The molecule has 1 aromatic heterocycles. The highest BCUT2D eigenvalue weighted by Gasteiger charge is 1.95. The van der Waals surface area contributed by atoms with Crippen LogP contribution in [0.4, 0.5) is 5.69 Å². The van der Waals surface area contributed by atoms with Crippen LogP contribution in [-0.2, 0) is 0 Å². The number of pyridine rings is 1. The van der Waals surface area contributed by atoms with Gasteiger partial charge in [0.25, 0.3) is 0 Å². The fraction of sp³-hybridized carbons (Fsp3) is 0. The predicted octanol–water partition coefficient (Wildman–Crippen LogP) is 4.87. The molecule has 2 heterocycles. The molecule has 2 heteroatoms. The van der Waals surface area contributed by atoms with Gasteiger partial charge in [0.05, 0.1) is 5.52 Å². The number of fused-ring (bicyclic) bond motifs is 2. The Bertz CT molecular complexity index is 723. The van der Waals surface area contributed by atoms with Crippen LogP contribution in [0.25, 0.3) is 17.0 Å². The molecule has 0 saturated heterocycles. The van der Waals surface area contributed by atoms with E-state index < -0.39 is 0 Å². The molecule has 1 aliphatic rings. The minimum absolute atomic E-state index is 1.06. The summed E-state index contributed by atoms with van der Waals surface area (Å²) in [5.41, 5.74) is 3.46. The minimum atomic E-state index is 1.06. The third-order valence-corrected chi connectivity index (χ3v) is 3.19. The molecule has 2 aromatic carbocycles. The molecular formula is C19H16N2. The zero-order valence-electron chi connectivity index (χ0n) is 11.6. The van der Waals surface area contributed by atoms with Gasteiger partial charge in [0.1, 0.15) is 0 Å². The number of allylic oxidation sites excluding steroid dienone is 2. The van der Waals surface area contributed by atoms with Crippen LogP contribution in [-0.4, -0.2) is 4.98 Å². The predicted molar refractivity (Wildman–Crippen MR) is 90.0 cm³/mol. The van der Waals surface area contributed by atoms with Crippen LogP contribution in [0.3, 0.4) is 0 Å². The molecule has 102 valence electrons. The Morgan fingerprint density at radius 2 is 1.57 bits per heavy atom. The van der Waals surface area contributed by atoms with E-state index in [-0.39, 0.29) is 0 Å². The summed E-state index contributed by atoms with van der Waals surface area (Å²) in [5, 5.41) is 4.38. The molecule has 0 atom stereocenters. The van der Waals surface area contributed by atoms with E-state index in [2.05, 4.69) is 40.6 Å². The fourth-order valence-electron chi connectivity index (χ4n) is 2.14. The zero-order chi connectivity index (χ0) is 14.3. The van der Waals surface area contributed by atoms with E-state index in [1.165, 1.54) is 10.9 Å². The summed E-state index contributed by atoms with van der Waals surface area (Å²) in [4.78, 5) is 4.18. The van der Waals surface area contributed by atoms with Crippen molar-refractivity contribution in [1.29, 1.82) is 0 Å². The number of aromatic nitrogens is 1. The first-order valence-corrected chi connectivity index (χ1v) is 6.92. The first-order chi connectivity index (χ1) is 10.4. The van der Waals surface area contributed by atoms with Gasteiger partial charge in [-0.3, -0.25) is 4.98 Å². The Balaban J connectivity index is 0.000000126. The Labute approximate surface area is 124 Å². The summed E-state index contributed by atoms with van der Waals surface area (Å²) < 4.78 is 0. The number of hydrogen-bond acceptors (Lipinski definition) is 2. The molecule has 1 N–H and O–H groups in total. The average Bonchev–Trinajstić information content (AvgIpc) is 2.81. The smallest absolute Gasteiger partial charge is 0.0701 e. The van der Waals surface area contributed by atoms with Crippen LogP contribution in [0.15, 0.2) is 85.2 Å². The molecule has 21 heavy (non-hydrogen) atoms. The number of para-hydroxylation sites is 2. The van der Waals surface area contributed by atoms with Crippen molar-refractivity contribution < 1.29 is 0 Å². The van der Waals surface area contributed by atoms with E-state index in [0.717, 1.165) is 11.2 Å². The van der Waals surface area contributed by atoms with E-state index >= 15 is 0 Å². The summed E-state index contributed by atoms with van der Waals surface area (Å²) in [7, 11) is 0. The average molecular weight is 272 g/mol. The van der Waals surface area contributed by atoms with Crippen molar-refractivity contribution in [2.75, 3.05) is 5.32 Å². The van der Waals surface area contributed by atoms with Crippen LogP contribution in [0.2, 0.25) is 0 Å². The molecule has 0 radical (unpaired) electrons. The van der Waals surface area contributed by atoms with E-state index in [1.807, 2.05) is 60.9 Å². The van der Waals surface area contributed by atoms with Gasteiger partial charge in [0.15, 0.2) is 0 Å². The van der Waals surface area contributed by atoms with Crippen LogP contribution < -0.4 is 5.32 Å². The summed E-state index contributed by atoms with van der Waals surface area (Å²) in [6, 6.07) is 20.3. The lowest BCUT2D eigenvalue weighted by molar-refractivity contribution is 1.41. The molecule has 1 aliphatic heterocycles. The Morgan fingerprint density at radius 3 is 2.52 bits per heavy atom. The molecule has 2 nitrogen and oxygen atoms in total. The van der Waals surface area contributed by atoms with Crippen LogP contribution >= 0.6 is 0 Å². The maximum atomic E-state index is 4.18. The van der Waals surface area contributed by atoms with Crippen LogP contribution in [0, 0.1) is 0 Å². The summed E-state index contributed by atoms with van der Waals surface area (Å²) >= 11 is 0. The summed E-state index contributed by atoms with van der Waals surface area (Å²) in [6.07, 6.45) is 9.84. The molecule has 0 unspecified atom stereocenters. The summed E-state index contributed by atoms with van der Waals surface area (Å²) in [5.74, 6) is 0. The maximum absolute atomic E-state index is 4.18. The molecular weight excluding hydrogens is 256 g/mol. The third kappa shape index (κ3) is 3.37. The fourth-order valence-corrected chi connectivity index (χ4v) is 2.14. The highest BCUT2D eigenvalue weighted by Crippen LogP contribution is 2.18. The Kier molecular flexibility index (Phi) is 4.08. The van der Waals surface area contributed by atoms with Gasteiger partial charge in [-0.2, -0.15) is 0 Å². The number of nitrogens with zero attached hydrogens (tertiary/aromatic N) is 1. The highest BCUT2D eigenvalue weighted by molar-refractivity contribution is 5.77. The van der Waals surface area contributed by atoms with E-state index in [4.69, 9.17) is 0 Å². The number of anilines is 1. The number of rotatable bonds is 0. The monoisotopic (exact) mass is 272 g/mol. The second-order valence-corrected chi connectivity index (χ2v) is 4.65. The first-order valence-electron chi connectivity index (χ1n) is 6.92. The first kappa shape index (κ1) is 13.1. The van der Waals surface area contributed by atoms with Crippen molar-refractivity contribution in [3.05, 3.63) is 90.8 Å². The van der Waals surface area contributed by atoms with Gasteiger partial charge >= 0.3 is 0 Å². The maximum Gasteiger partial charge on any atom is 0.0701 e. The van der Waals surface area contributed by atoms with Crippen molar-refractivity contribution in [2.24, 2.45) is 0 Å². The van der Waals surface area contributed by atoms with Gasteiger partial charge < -0.3 is 5.32 Å². The number of nitrogens with one attached hydrogen (secondary N) is 1. The molecule has 3 aromatic rings. The van der Waals surface area contributed by atoms with Crippen molar-refractivity contribution in [1.82, 2.24) is 4.98 Å². The highest BCUT2D eigenvalue weighted by atomic mass is 14.8. The molecule has 0 spiro atoms. The third-order valence-electron chi connectivity index (χ3n) is 3.19. The van der Waals surface area contributed by atoms with Crippen molar-refractivity contribution in [2.45, 2.75) is 0 Å². The Hall–Kier alpha value is -2.87. The van der Waals surface area contributed by atoms with E-state index in [9.17, 15) is 0 Å². The van der Waals surface area contributed by atoms with Gasteiger partial charge in [-0.15, -0.1) is 0 Å².